The van der Waals surface area contributed by atoms with E-state index in [1.165, 1.54) is 12.4 Å². The van der Waals surface area contributed by atoms with Crippen LogP contribution in [0, 0.1) is 0 Å². The molecule has 0 aliphatic heterocycles. The van der Waals surface area contributed by atoms with Crippen LogP contribution in [-0.2, 0) is 13.1 Å². The fourth-order valence-electron chi connectivity index (χ4n) is 2.24. The quantitative estimate of drug-likeness (QED) is 0.637. The van der Waals surface area contributed by atoms with Gasteiger partial charge in [-0.1, -0.05) is 23.7 Å². The Labute approximate surface area is 145 Å². The normalized spacial score (nSPS) is 11.8. The Hall–Kier alpha value is -2.15. The van der Waals surface area contributed by atoms with Gasteiger partial charge in [0.05, 0.1) is 0 Å². The number of imidazole rings is 1. The molecule has 0 fully saturated rings. The average Bonchev–Trinajstić information content (AvgIpc) is 3.00. The molecule has 130 valence electrons. The molecule has 1 N–H and O–H groups in total. The number of alkyl halides is 2. The van der Waals surface area contributed by atoms with Crippen molar-refractivity contribution in [1.29, 1.82) is 0 Å². The third kappa shape index (κ3) is 4.92. The van der Waals surface area contributed by atoms with Gasteiger partial charge >= 0.3 is 6.55 Å². The minimum absolute atomic E-state index is 0.0690. The van der Waals surface area contributed by atoms with Crippen LogP contribution in [0.4, 0.5) is 8.78 Å². The van der Waals surface area contributed by atoms with E-state index in [2.05, 4.69) is 15.3 Å². The molecule has 1 heterocycles. The molecule has 0 unspecified atom stereocenters. The van der Waals surface area contributed by atoms with Gasteiger partial charge in [0, 0.05) is 37.6 Å². The second-order valence-electron chi connectivity index (χ2n) is 5.18. The summed E-state index contributed by atoms with van der Waals surface area (Å²) in [6.45, 7) is 0.657. The fourth-order valence-corrected chi connectivity index (χ4v) is 2.46. The number of rotatable bonds is 6. The Morgan fingerprint density at radius 3 is 2.92 bits per heavy atom. The van der Waals surface area contributed by atoms with Gasteiger partial charge in [0.2, 0.25) is 0 Å². The van der Waals surface area contributed by atoms with Crippen LogP contribution in [0.25, 0.3) is 0 Å². The number of nitrogens with one attached hydrogen (secondary N) is 1. The van der Waals surface area contributed by atoms with E-state index in [-0.39, 0.29) is 12.4 Å². The number of hydrogen-bond donors (Lipinski definition) is 1. The topological polar surface area (TPSA) is 45.5 Å². The zero-order chi connectivity index (χ0) is 17.5. The number of nitrogens with zero attached hydrogens (tertiary/aromatic N) is 4. The van der Waals surface area contributed by atoms with Crippen molar-refractivity contribution in [3.63, 3.8) is 0 Å². The van der Waals surface area contributed by atoms with E-state index in [1.807, 2.05) is 43.1 Å². The Balaban J connectivity index is 2.10. The van der Waals surface area contributed by atoms with Crippen LogP contribution in [-0.4, -0.2) is 34.0 Å². The molecule has 5 nitrogen and oxygen atoms in total. The lowest BCUT2D eigenvalue weighted by Crippen LogP contribution is -2.38. The van der Waals surface area contributed by atoms with Crippen LogP contribution in [0.15, 0.2) is 41.7 Å². The summed E-state index contributed by atoms with van der Waals surface area (Å²) in [4.78, 5) is 10.2. The van der Waals surface area contributed by atoms with Gasteiger partial charge in [-0.2, -0.15) is 8.78 Å². The molecule has 0 atom stereocenters. The first-order valence-electron chi connectivity index (χ1n) is 7.55. The largest absolute Gasteiger partial charge is 0.357 e. The van der Waals surface area contributed by atoms with Crippen LogP contribution in [0.1, 0.15) is 24.9 Å². The van der Waals surface area contributed by atoms with Crippen molar-refractivity contribution in [3.8, 4) is 0 Å². The monoisotopic (exact) mass is 355 g/mol. The first-order chi connectivity index (χ1) is 11.5. The van der Waals surface area contributed by atoms with Crippen LogP contribution < -0.4 is 5.32 Å². The van der Waals surface area contributed by atoms with Crippen molar-refractivity contribution in [2.45, 2.75) is 26.6 Å². The molecule has 1 aromatic carbocycles. The van der Waals surface area contributed by atoms with E-state index in [4.69, 9.17) is 11.6 Å². The van der Waals surface area contributed by atoms with Gasteiger partial charge in [0.25, 0.3) is 0 Å². The van der Waals surface area contributed by atoms with E-state index < -0.39 is 6.55 Å². The van der Waals surface area contributed by atoms with Gasteiger partial charge in [-0.25, -0.2) is 9.98 Å². The third-order valence-electron chi connectivity index (χ3n) is 3.33. The van der Waals surface area contributed by atoms with Crippen molar-refractivity contribution < 1.29 is 8.78 Å². The predicted molar refractivity (Wildman–Crippen MR) is 91.2 cm³/mol. The number of hydrogen-bond acceptors (Lipinski definition) is 2. The molecule has 2 aromatic rings. The van der Waals surface area contributed by atoms with Gasteiger partial charge in [-0.3, -0.25) is 4.57 Å². The molecular weight excluding hydrogens is 336 g/mol. The molecular formula is C16H20ClF2N5. The van der Waals surface area contributed by atoms with Crippen LogP contribution >= 0.6 is 11.6 Å². The lowest BCUT2D eigenvalue weighted by molar-refractivity contribution is 0.0671. The summed E-state index contributed by atoms with van der Waals surface area (Å²) in [7, 11) is 1.88. The first-order valence-corrected chi connectivity index (χ1v) is 7.92. The van der Waals surface area contributed by atoms with E-state index in [0.717, 1.165) is 10.1 Å². The van der Waals surface area contributed by atoms with Crippen LogP contribution in [0.3, 0.4) is 0 Å². The average molecular weight is 356 g/mol. The predicted octanol–water partition coefficient (Wildman–Crippen LogP) is 3.53. The van der Waals surface area contributed by atoms with E-state index in [1.54, 1.807) is 0 Å². The highest BCUT2D eigenvalue weighted by atomic mass is 35.5. The summed E-state index contributed by atoms with van der Waals surface area (Å²) in [5, 5.41) is 3.82. The standard InChI is InChI=1S/C16H20ClF2N5/c1-3-20-16(22-10-14-21-7-8-24(14)15(18)19)23(2)11-12-5-4-6-13(17)9-12/h4-9,15H,3,10-11H2,1-2H3,(H,20,22). The van der Waals surface area contributed by atoms with E-state index >= 15 is 0 Å². The summed E-state index contributed by atoms with van der Waals surface area (Å²) in [5.41, 5.74) is 1.03. The van der Waals surface area contributed by atoms with Gasteiger partial charge in [-0.05, 0) is 24.6 Å². The Morgan fingerprint density at radius 2 is 2.25 bits per heavy atom. The van der Waals surface area contributed by atoms with Gasteiger partial charge in [-0.15, -0.1) is 0 Å². The maximum Gasteiger partial charge on any atom is 0.319 e. The number of benzene rings is 1. The molecule has 1 aromatic heterocycles. The second-order valence-corrected chi connectivity index (χ2v) is 5.62. The zero-order valence-corrected chi connectivity index (χ0v) is 14.3. The molecule has 0 saturated heterocycles. The number of guanidine groups is 1. The lowest BCUT2D eigenvalue weighted by Gasteiger charge is -2.22. The highest BCUT2D eigenvalue weighted by Gasteiger charge is 2.12. The van der Waals surface area contributed by atoms with E-state index in [0.29, 0.717) is 24.1 Å². The second kappa shape index (κ2) is 8.63. The molecule has 0 aliphatic rings. The first kappa shape index (κ1) is 18.2. The lowest BCUT2D eigenvalue weighted by atomic mass is 10.2. The van der Waals surface area contributed by atoms with Crippen molar-refractivity contribution in [1.82, 2.24) is 19.8 Å². The third-order valence-corrected chi connectivity index (χ3v) is 3.57. The smallest absolute Gasteiger partial charge is 0.319 e. The molecule has 0 spiro atoms. The minimum atomic E-state index is -2.62. The zero-order valence-electron chi connectivity index (χ0n) is 13.6. The minimum Gasteiger partial charge on any atom is -0.357 e. The van der Waals surface area contributed by atoms with E-state index in [9.17, 15) is 8.78 Å². The van der Waals surface area contributed by atoms with Gasteiger partial charge in [0.1, 0.15) is 12.4 Å². The molecule has 24 heavy (non-hydrogen) atoms. The Kier molecular flexibility index (Phi) is 6.54. The van der Waals surface area contributed by atoms with Crippen LogP contribution in [0.5, 0.6) is 0 Å². The maximum absolute atomic E-state index is 12.9. The molecule has 0 saturated carbocycles. The van der Waals surface area contributed by atoms with Crippen molar-refractivity contribution in [2.24, 2.45) is 4.99 Å². The molecule has 0 amide bonds. The Morgan fingerprint density at radius 1 is 1.46 bits per heavy atom. The summed E-state index contributed by atoms with van der Waals surface area (Å²) in [6.07, 6.45) is 2.59. The van der Waals surface area contributed by atoms with Crippen molar-refractivity contribution in [2.75, 3.05) is 13.6 Å². The van der Waals surface area contributed by atoms with Gasteiger partial charge < -0.3 is 10.2 Å². The highest BCUT2D eigenvalue weighted by Crippen LogP contribution is 2.14. The maximum atomic E-state index is 12.9. The number of halogens is 3. The SMILES string of the molecule is CCNC(=NCc1nccn1C(F)F)N(C)Cc1cccc(Cl)c1. The summed E-state index contributed by atoms with van der Waals surface area (Å²) < 4.78 is 26.5. The van der Waals surface area contributed by atoms with Crippen LogP contribution in [0.2, 0.25) is 5.02 Å². The molecule has 8 heteroatoms. The molecule has 0 aliphatic carbocycles. The highest BCUT2D eigenvalue weighted by molar-refractivity contribution is 6.30. The summed E-state index contributed by atoms with van der Waals surface area (Å²) in [5.74, 6) is 0.831. The van der Waals surface area contributed by atoms with Crippen molar-refractivity contribution >= 4 is 17.6 Å². The van der Waals surface area contributed by atoms with Crippen molar-refractivity contribution in [3.05, 3.63) is 53.1 Å². The number of aromatic nitrogens is 2. The fraction of sp³-hybridized carbons (Fsp3) is 0.375. The molecule has 2 rings (SSSR count). The summed E-state index contributed by atoms with van der Waals surface area (Å²) in [6, 6.07) is 7.55. The number of aliphatic imine (C=N–C) groups is 1. The van der Waals surface area contributed by atoms with Gasteiger partial charge in [0.15, 0.2) is 5.96 Å². The molecule has 0 bridgehead atoms. The summed E-state index contributed by atoms with van der Waals surface area (Å²) >= 11 is 6.00. The Bertz CT molecular complexity index is 687. The molecule has 0 radical (unpaired) electrons.